The van der Waals surface area contributed by atoms with Crippen molar-refractivity contribution in [1.29, 1.82) is 0 Å². The number of nitro benzene ring substituents is 1. The minimum absolute atomic E-state index is 0.0263. The Kier molecular flexibility index (Phi) is 5.84. The van der Waals surface area contributed by atoms with Gasteiger partial charge in [-0.2, -0.15) is 0 Å². The fourth-order valence-corrected chi connectivity index (χ4v) is 3.93. The summed E-state index contributed by atoms with van der Waals surface area (Å²) < 4.78 is 0. The molecular weight excluding hydrogens is 392 g/mol. The van der Waals surface area contributed by atoms with Crippen molar-refractivity contribution in [3.05, 3.63) is 94.5 Å². The lowest BCUT2D eigenvalue weighted by molar-refractivity contribution is -0.384. The number of hydrogen-bond acceptors (Lipinski definition) is 5. The number of nitrogens with zero attached hydrogens (tertiary/aromatic N) is 3. The van der Waals surface area contributed by atoms with Gasteiger partial charge in [0.05, 0.1) is 16.3 Å². The van der Waals surface area contributed by atoms with E-state index < -0.39 is 0 Å². The normalized spacial score (nSPS) is 16.1. The second kappa shape index (κ2) is 8.87. The zero-order valence-electron chi connectivity index (χ0n) is 17.3. The van der Waals surface area contributed by atoms with Crippen LogP contribution in [0.25, 0.3) is 0 Å². The summed E-state index contributed by atoms with van der Waals surface area (Å²) in [4.78, 5) is 27.8. The number of hydrogen-bond donors (Lipinski definition) is 1. The van der Waals surface area contributed by atoms with Crippen molar-refractivity contribution in [2.75, 3.05) is 29.9 Å². The van der Waals surface area contributed by atoms with Crippen LogP contribution in [0.15, 0.2) is 78.9 Å². The van der Waals surface area contributed by atoms with Crippen LogP contribution in [0.2, 0.25) is 0 Å². The quantitative estimate of drug-likeness (QED) is 0.482. The molecule has 1 aliphatic rings. The van der Waals surface area contributed by atoms with Crippen molar-refractivity contribution in [2.45, 2.75) is 13.0 Å². The summed E-state index contributed by atoms with van der Waals surface area (Å²) in [5, 5.41) is 14.6. The van der Waals surface area contributed by atoms with Crippen molar-refractivity contribution in [2.24, 2.45) is 0 Å². The molecule has 4 rings (SSSR count). The van der Waals surface area contributed by atoms with E-state index in [1.54, 1.807) is 12.1 Å². The van der Waals surface area contributed by atoms with Gasteiger partial charge in [-0.15, -0.1) is 0 Å². The molecule has 1 unspecified atom stereocenters. The highest BCUT2D eigenvalue weighted by Crippen LogP contribution is 2.34. The van der Waals surface area contributed by atoms with Crippen LogP contribution in [0.1, 0.15) is 17.3 Å². The third-order valence-electron chi connectivity index (χ3n) is 5.49. The molecule has 1 saturated heterocycles. The maximum Gasteiger partial charge on any atom is 0.271 e. The third-order valence-corrected chi connectivity index (χ3v) is 5.49. The second-order valence-electron chi connectivity index (χ2n) is 7.61. The van der Waals surface area contributed by atoms with Gasteiger partial charge in [0, 0.05) is 49.1 Å². The Morgan fingerprint density at radius 2 is 1.68 bits per heavy atom. The number of non-ortho nitro benzene ring substituents is 1. The highest BCUT2D eigenvalue weighted by Gasteiger charge is 2.29. The first-order chi connectivity index (χ1) is 15.0. The zero-order chi connectivity index (χ0) is 21.8. The molecule has 0 radical (unpaired) electrons. The average Bonchev–Trinajstić information content (AvgIpc) is 2.80. The molecule has 3 aromatic carbocycles. The number of piperazine rings is 1. The standard InChI is InChI=1S/C24H24N4O3/c1-18-17-26(24(29)19-8-4-2-5-9-19)14-15-27(18)23-13-12-21(28(30)31)16-22(23)25-20-10-6-3-7-11-20/h2-13,16,18,25H,14-15,17H2,1H3. The Morgan fingerprint density at radius 1 is 1.00 bits per heavy atom. The molecule has 1 heterocycles. The number of rotatable bonds is 5. The average molecular weight is 416 g/mol. The minimum atomic E-state index is -0.389. The Labute approximate surface area is 181 Å². The molecule has 1 fully saturated rings. The maximum atomic E-state index is 12.8. The fraction of sp³-hybridized carbons (Fsp3) is 0.208. The molecule has 1 amide bonds. The van der Waals surface area contributed by atoms with E-state index in [0.29, 0.717) is 30.9 Å². The molecule has 158 valence electrons. The van der Waals surface area contributed by atoms with Crippen molar-refractivity contribution >= 4 is 28.7 Å². The number of para-hydroxylation sites is 1. The van der Waals surface area contributed by atoms with E-state index in [0.717, 1.165) is 11.4 Å². The molecule has 0 aliphatic carbocycles. The Balaban J connectivity index is 1.57. The summed E-state index contributed by atoms with van der Waals surface area (Å²) in [6.07, 6.45) is 0. The molecule has 0 spiro atoms. The summed E-state index contributed by atoms with van der Waals surface area (Å²) in [6, 6.07) is 23.8. The molecule has 7 nitrogen and oxygen atoms in total. The molecule has 0 bridgehead atoms. The largest absolute Gasteiger partial charge is 0.364 e. The lowest BCUT2D eigenvalue weighted by Gasteiger charge is -2.42. The first-order valence-electron chi connectivity index (χ1n) is 10.2. The number of nitrogens with one attached hydrogen (secondary N) is 1. The van der Waals surface area contributed by atoms with Crippen LogP contribution in [-0.4, -0.2) is 41.4 Å². The van der Waals surface area contributed by atoms with Crippen LogP contribution in [0, 0.1) is 10.1 Å². The summed E-state index contributed by atoms with van der Waals surface area (Å²) >= 11 is 0. The summed E-state index contributed by atoms with van der Waals surface area (Å²) in [5.74, 6) is 0.0263. The molecule has 1 atom stereocenters. The lowest BCUT2D eigenvalue weighted by Crippen LogP contribution is -2.53. The van der Waals surface area contributed by atoms with Crippen molar-refractivity contribution in [3.63, 3.8) is 0 Å². The first kappa shape index (κ1) is 20.4. The van der Waals surface area contributed by atoms with E-state index in [4.69, 9.17) is 0 Å². The fourth-order valence-electron chi connectivity index (χ4n) is 3.93. The van der Waals surface area contributed by atoms with Crippen molar-refractivity contribution in [3.8, 4) is 0 Å². The van der Waals surface area contributed by atoms with Gasteiger partial charge in [-0.3, -0.25) is 14.9 Å². The van der Waals surface area contributed by atoms with E-state index in [1.165, 1.54) is 6.07 Å². The molecule has 31 heavy (non-hydrogen) atoms. The van der Waals surface area contributed by atoms with Crippen LogP contribution in [0.3, 0.4) is 0 Å². The molecule has 0 saturated carbocycles. The van der Waals surface area contributed by atoms with Gasteiger partial charge in [0.2, 0.25) is 0 Å². The van der Waals surface area contributed by atoms with Gasteiger partial charge < -0.3 is 15.1 Å². The molecule has 0 aromatic heterocycles. The summed E-state index contributed by atoms with van der Waals surface area (Å²) in [7, 11) is 0. The minimum Gasteiger partial charge on any atom is -0.364 e. The van der Waals surface area contributed by atoms with Gasteiger partial charge in [-0.25, -0.2) is 0 Å². The molecular formula is C24H24N4O3. The van der Waals surface area contributed by atoms with E-state index >= 15 is 0 Å². The topological polar surface area (TPSA) is 78.7 Å². The first-order valence-corrected chi connectivity index (χ1v) is 10.2. The molecule has 1 N–H and O–H groups in total. The van der Waals surface area contributed by atoms with Crippen LogP contribution in [-0.2, 0) is 0 Å². The lowest BCUT2D eigenvalue weighted by atomic mass is 10.1. The SMILES string of the molecule is CC1CN(C(=O)c2ccccc2)CCN1c1ccc([N+](=O)[O-])cc1Nc1ccccc1. The van der Waals surface area contributed by atoms with Crippen LogP contribution < -0.4 is 10.2 Å². The van der Waals surface area contributed by atoms with E-state index in [2.05, 4.69) is 17.1 Å². The van der Waals surface area contributed by atoms with Crippen molar-refractivity contribution in [1.82, 2.24) is 4.90 Å². The summed E-state index contributed by atoms with van der Waals surface area (Å²) in [6.45, 7) is 3.87. The van der Waals surface area contributed by atoms with Gasteiger partial charge in [0.1, 0.15) is 0 Å². The maximum absolute atomic E-state index is 12.8. The molecule has 7 heteroatoms. The predicted molar refractivity (Wildman–Crippen MR) is 122 cm³/mol. The van der Waals surface area contributed by atoms with Gasteiger partial charge in [-0.05, 0) is 37.3 Å². The number of benzene rings is 3. The van der Waals surface area contributed by atoms with E-state index in [1.807, 2.05) is 65.6 Å². The number of carbonyl (C=O) groups is 1. The number of carbonyl (C=O) groups excluding carboxylic acids is 1. The van der Waals surface area contributed by atoms with Crippen LogP contribution >= 0.6 is 0 Å². The number of nitro groups is 1. The Morgan fingerprint density at radius 3 is 2.32 bits per heavy atom. The zero-order valence-corrected chi connectivity index (χ0v) is 17.3. The van der Waals surface area contributed by atoms with E-state index in [-0.39, 0.29) is 22.6 Å². The Bertz CT molecular complexity index is 1070. The third kappa shape index (κ3) is 4.50. The smallest absolute Gasteiger partial charge is 0.271 e. The van der Waals surface area contributed by atoms with Crippen molar-refractivity contribution < 1.29 is 9.72 Å². The number of anilines is 3. The van der Waals surface area contributed by atoms with E-state index in [9.17, 15) is 14.9 Å². The predicted octanol–water partition coefficient (Wildman–Crippen LogP) is 4.69. The van der Waals surface area contributed by atoms with Gasteiger partial charge in [0.25, 0.3) is 11.6 Å². The highest BCUT2D eigenvalue weighted by atomic mass is 16.6. The van der Waals surface area contributed by atoms with Gasteiger partial charge in [0.15, 0.2) is 0 Å². The number of amides is 1. The van der Waals surface area contributed by atoms with Crippen LogP contribution in [0.4, 0.5) is 22.7 Å². The van der Waals surface area contributed by atoms with Gasteiger partial charge in [-0.1, -0.05) is 36.4 Å². The molecule has 3 aromatic rings. The highest BCUT2D eigenvalue weighted by molar-refractivity contribution is 5.94. The Hall–Kier alpha value is -3.87. The molecule has 1 aliphatic heterocycles. The van der Waals surface area contributed by atoms with Crippen LogP contribution in [0.5, 0.6) is 0 Å². The summed E-state index contributed by atoms with van der Waals surface area (Å²) in [5.41, 5.74) is 3.14. The monoisotopic (exact) mass is 416 g/mol. The second-order valence-corrected chi connectivity index (χ2v) is 7.61. The van der Waals surface area contributed by atoms with Gasteiger partial charge >= 0.3 is 0 Å².